The van der Waals surface area contributed by atoms with Crippen LogP contribution in [0, 0.1) is 0 Å². The van der Waals surface area contributed by atoms with E-state index < -0.39 is 5.41 Å². The average molecular weight is 615 g/mol. The lowest BCUT2D eigenvalue weighted by Gasteiger charge is -2.34. The molecule has 4 aromatic rings. The van der Waals surface area contributed by atoms with Crippen LogP contribution in [-0.4, -0.2) is 43.8 Å². The second kappa shape index (κ2) is 14.9. The van der Waals surface area contributed by atoms with Gasteiger partial charge in [-0.3, -0.25) is 0 Å². The zero-order valence-corrected chi connectivity index (χ0v) is 27.5. The molecule has 0 amide bonds. The van der Waals surface area contributed by atoms with Crippen LogP contribution < -0.4 is 0 Å². The van der Waals surface area contributed by atoms with E-state index in [0.717, 1.165) is 38.9 Å². The van der Waals surface area contributed by atoms with E-state index in [-0.39, 0.29) is 37.9 Å². The van der Waals surface area contributed by atoms with Gasteiger partial charge in [0.2, 0.25) is 0 Å². The Hall–Kier alpha value is -3.88. The van der Waals surface area contributed by atoms with E-state index in [1.165, 1.54) is 0 Å². The fraction of sp³-hybridized carbons (Fsp3) is 0.368. The van der Waals surface area contributed by atoms with Crippen LogP contribution >= 0.6 is 0 Å². The molecule has 7 heteroatoms. The fourth-order valence-corrected chi connectivity index (χ4v) is 6.12. The molecule has 0 aliphatic carbocycles. The highest BCUT2D eigenvalue weighted by atomic mass is 16.5. The smallest absolute Gasteiger partial charge is 0.126 e. The lowest BCUT2D eigenvalue weighted by Crippen LogP contribution is -2.26. The van der Waals surface area contributed by atoms with Gasteiger partial charge in [0.1, 0.15) is 17.2 Å². The van der Waals surface area contributed by atoms with Gasteiger partial charge in [0.05, 0.1) is 26.4 Å². The molecule has 7 nitrogen and oxygen atoms in total. The van der Waals surface area contributed by atoms with Gasteiger partial charge in [-0.05, 0) is 83.0 Å². The van der Waals surface area contributed by atoms with Crippen molar-refractivity contribution in [2.45, 2.75) is 65.5 Å². The van der Waals surface area contributed by atoms with E-state index in [1.807, 2.05) is 38.1 Å². The number of methoxy groups -OCH3 is 4. The second-order valence-electron chi connectivity index (χ2n) is 11.6. The number of hydrogen-bond acceptors (Lipinski definition) is 7. The molecule has 45 heavy (non-hydrogen) atoms. The Kier molecular flexibility index (Phi) is 11.3. The standard InChI is InChI=1S/C38H46O7/c1-8-24-16-33(17-25(9-2)35(24)39)38(3,34-18-30(22-44-6)37(41)31(19-34)23-45-7)32-12-10-26(11-13-32)27-14-28(20-42-4)36(40)29(15-27)21-43-5/h10-19,39-41H,8-9,20-23H2,1-7H3. The highest BCUT2D eigenvalue weighted by molar-refractivity contribution is 5.69. The summed E-state index contributed by atoms with van der Waals surface area (Å²) in [5, 5.41) is 32.8. The van der Waals surface area contributed by atoms with Crippen molar-refractivity contribution in [2.24, 2.45) is 0 Å². The van der Waals surface area contributed by atoms with Crippen molar-refractivity contribution >= 4 is 0 Å². The monoisotopic (exact) mass is 614 g/mol. The Morgan fingerprint density at radius 1 is 0.467 bits per heavy atom. The number of ether oxygens (including phenoxy) is 4. The predicted octanol–water partition coefficient (Wildman–Crippen LogP) is 7.54. The first-order valence-corrected chi connectivity index (χ1v) is 15.3. The average Bonchev–Trinajstić information content (AvgIpc) is 3.04. The Morgan fingerprint density at radius 2 is 0.800 bits per heavy atom. The molecule has 0 spiro atoms. The number of aryl methyl sites for hydroxylation is 2. The first-order valence-electron chi connectivity index (χ1n) is 15.3. The third-order valence-corrected chi connectivity index (χ3v) is 8.71. The molecule has 4 aromatic carbocycles. The first-order chi connectivity index (χ1) is 21.7. The van der Waals surface area contributed by atoms with E-state index in [9.17, 15) is 15.3 Å². The van der Waals surface area contributed by atoms with Crippen LogP contribution in [0.2, 0.25) is 0 Å². The molecule has 0 saturated carbocycles. The Labute approximate surface area is 267 Å². The number of aromatic hydroxyl groups is 3. The quantitative estimate of drug-likeness (QED) is 0.126. The molecule has 0 aliphatic heterocycles. The summed E-state index contributed by atoms with van der Waals surface area (Å²) in [6, 6.07) is 20.5. The summed E-state index contributed by atoms with van der Waals surface area (Å²) in [6.07, 6.45) is 1.38. The minimum absolute atomic E-state index is 0.167. The second-order valence-corrected chi connectivity index (χ2v) is 11.6. The topological polar surface area (TPSA) is 97.6 Å². The summed E-state index contributed by atoms with van der Waals surface area (Å²) in [6.45, 7) is 7.33. The van der Waals surface area contributed by atoms with Crippen LogP contribution in [0.1, 0.15) is 70.8 Å². The Bertz CT molecular complexity index is 1530. The summed E-state index contributed by atoms with van der Waals surface area (Å²) in [5.74, 6) is 0.697. The first kappa shape index (κ1) is 34.0. The van der Waals surface area contributed by atoms with Crippen LogP contribution in [0.25, 0.3) is 11.1 Å². The molecule has 240 valence electrons. The van der Waals surface area contributed by atoms with Crippen LogP contribution in [0.4, 0.5) is 0 Å². The third-order valence-electron chi connectivity index (χ3n) is 8.71. The van der Waals surface area contributed by atoms with Crippen LogP contribution in [0.15, 0.2) is 60.7 Å². The number of phenols is 3. The lowest BCUT2D eigenvalue weighted by molar-refractivity contribution is 0.174. The van der Waals surface area contributed by atoms with Crippen molar-refractivity contribution in [3.8, 4) is 28.4 Å². The van der Waals surface area contributed by atoms with Crippen molar-refractivity contribution < 1.29 is 34.3 Å². The van der Waals surface area contributed by atoms with Crippen molar-refractivity contribution in [3.63, 3.8) is 0 Å². The Balaban J connectivity index is 1.97. The van der Waals surface area contributed by atoms with Gasteiger partial charge < -0.3 is 34.3 Å². The summed E-state index contributed by atoms with van der Waals surface area (Å²) in [5.41, 5.74) is 8.82. The van der Waals surface area contributed by atoms with Crippen LogP contribution in [0.5, 0.6) is 17.2 Å². The van der Waals surface area contributed by atoms with E-state index in [1.54, 1.807) is 28.4 Å². The van der Waals surface area contributed by atoms with Crippen LogP contribution in [0.3, 0.4) is 0 Å². The van der Waals surface area contributed by atoms with E-state index >= 15 is 0 Å². The van der Waals surface area contributed by atoms with Crippen LogP contribution in [-0.2, 0) is 63.6 Å². The maximum absolute atomic E-state index is 11.1. The molecule has 1 atom stereocenters. The molecular weight excluding hydrogens is 568 g/mol. The molecule has 0 fully saturated rings. The van der Waals surface area contributed by atoms with Gasteiger partial charge in [0, 0.05) is 56.1 Å². The van der Waals surface area contributed by atoms with Gasteiger partial charge >= 0.3 is 0 Å². The van der Waals surface area contributed by atoms with Gasteiger partial charge in [-0.25, -0.2) is 0 Å². The normalized spacial score (nSPS) is 12.8. The van der Waals surface area contributed by atoms with Crippen molar-refractivity contribution in [2.75, 3.05) is 28.4 Å². The third kappa shape index (κ3) is 6.87. The predicted molar refractivity (Wildman–Crippen MR) is 177 cm³/mol. The number of hydrogen-bond donors (Lipinski definition) is 3. The number of benzene rings is 4. The van der Waals surface area contributed by atoms with Gasteiger partial charge in [0.15, 0.2) is 0 Å². The lowest BCUT2D eigenvalue weighted by atomic mass is 9.69. The zero-order chi connectivity index (χ0) is 32.7. The maximum Gasteiger partial charge on any atom is 0.126 e. The van der Waals surface area contributed by atoms with E-state index in [0.29, 0.717) is 40.8 Å². The highest BCUT2D eigenvalue weighted by Gasteiger charge is 2.34. The molecule has 1 unspecified atom stereocenters. The molecule has 0 aromatic heterocycles. The molecule has 4 rings (SSSR count). The molecule has 0 aliphatic rings. The fourth-order valence-electron chi connectivity index (χ4n) is 6.12. The summed E-state index contributed by atoms with van der Waals surface area (Å²) in [7, 11) is 6.43. The summed E-state index contributed by atoms with van der Waals surface area (Å²) in [4.78, 5) is 0. The molecule has 0 radical (unpaired) electrons. The van der Waals surface area contributed by atoms with Crippen molar-refractivity contribution in [1.29, 1.82) is 0 Å². The minimum Gasteiger partial charge on any atom is -0.507 e. The summed E-state index contributed by atoms with van der Waals surface area (Å²) < 4.78 is 21.6. The van der Waals surface area contributed by atoms with E-state index in [4.69, 9.17) is 18.9 Å². The molecular formula is C38H46O7. The number of phenolic OH excluding ortho intramolecular Hbond substituents is 3. The Morgan fingerprint density at radius 3 is 1.16 bits per heavy atom. The van der Waals surface area contributed by atoms with Gasteiger partial charge in [-0.2, -0.15) is 0 Å². The van der Waals surface area contributed by atoms with Gasteiger partial charge in [0.25, 0.3) is 0 Å². The summed E-state index contributed by atoms with van der Waals surface area (Å²) >= 11 is 0. The minimum atomic E-state index is -0.671. The molecule has 0 bridgehead atoms. The maximum atomic E-state index is 11.1. The van der Waals surface area contributed by atoms with E-state index in [2.05, 4.69) is 43.3 Å². The number of rotatable bonds is 14. The zero-order valence-electron chi connectivity index (χ0n) is 27.5. The molecule has 3 N–H and O–H groups in total. The van der Waals surface area contributed by atoms with Crippen molar-refractivity contribution in [3.05, 3.63) is 111 Å². The molecule has 0 heterocycles. The highest BCUT2D eigenvalue weighted by Crippen LogP contribution is 2.44. The van der Waals surface area contributed by atoms with Crippen molar-refractivity contribution in [1.82, 2.24) is 0 Å². The van der Waals surface area contributed by atoms with Gasteiger partial charge in [-0.1, -0.05) is 50.2 Å². The largest absolute Gasteiger partial charge is 0.507 e. The SMILES string of the molecule is CCc1cc(C(C)(c2ccc(-c3cc(COC)c(O)c(COC)c3)cc2)c2cc(COC)c(O)c(COC)c2)cc(CC)c1O. The van der Waals surface area contributed by atoms with Gasteiger partial charge in [-0.15, -0.1) is 0 Å². The molecule has 0 saturated heterocycles.